The summed E-state index contributed by atoms with van der Waals surface area (Å²) in [5, 5.41) is 3.96. The zero-order chi connectivity index (χ0) is 15.2. The molecule has 6 heteroatoms. The van der Waals surface area contributed by atoms with E-state index in [0.29, 0.717) is 11.3 Å². The van der Waals surface area contributed by atoms with Crippen LogP contribution in [0, 0.1) is 0 Å². The summed E-state index contributed by atoms with van der Waals surface area (Å²) >= 11 is 6.81. The molecular weight excluding hydrogens is 400 g/mol. The maximum Gasteiger partial charge on any atom is 0.271 e. The lowest BCUT2D eigenvalue weighted by Gasteiger charge is -2.02. The Morgan fingerprint density at radius 2 is 1.90 bits per heavy atom. The van der Waals surface area contributed by atoms with E-state index in [1.54, 1.807) is 37.6 Å². The van der Waals surface area contributed by atoms with Gasteiger partial charge in [-0.2, -0.15) is 5.10 Å². The number of benzene rings is 2. The van der Waals surface area contributed by atoms with E-state index in [0.717, 1.165) is 14.5 Å². The summed E-state index contributed by atoms with van der Waals surface area (Å²) in [4.78, 5) is 11.9. The molecule has 0 atom stereocenters. The van der Waals surface area contributed by atoms with Crippen LogP contribution in [0.15, 0.2) is 56.5 Å². The Balaban J connectivity index is 2.02. The van der Waals surface area contributed by atoms with Crippen LogP contribution < -0.4 is 10.2 Å². The van der Waals surface area contributed by atoms with E-state index in [2.05, 4.69) is 42.4 Å². The highest BCUT2D eigenvalue weighted by molar-refractivity contribution is 9.11. The molecule has 0 bridgehead atoms. The summed E-state index contributed by atoms with van der Waals surface area (Å²) in [6, 6.07) is 12.5. The lowest BCUT2D eigenvalue weighted by atomic mass is 10.2. The lowest BCUT2D eigenvalue weighted by Crippen LogP contribution is -2.17. The van der Waals surface area contributed by atoms with Crippen molar-refractivity contribution in [2.24, 2.45) is 5.10 Å². The number of methoxy groups -OCH3 is 1. The molecule has 0 aliphatic carbocycles. The van der Waals surface area contributed by atoms with Gasteiger partial charge in [0.1, 0.15) is 5.75 Å². The molecule has 0 heterocycles. The molecule has 0 spiro atoms. The number of carbonyl (C=O) groups excluding carboxylic acids is 1. The zero-order valence-corrected chi connectivity index (χ0v) is 14.3. The van der Waals surface area contributed by atoms with Gasteiger partial charge in [-0.3, -0.25) is 4.79 Å². The minimum Gasteiger partial charge on any atom is -0.497 e. The van der Waals surface area contributed by atoms with Crippen LogP contribution in [0.1, 0.15) is 15.9 Å². The summed E-state index contributed by atoms with van der Waals surface area (Å²) in [6.45, 7) is 0. The molecule has 2 aromatic rings. The van der Waals surface area contributed by atoms with Gasteiger partial charge in [-0.05, 0) is 42.5 Å². The van der Waals surface area contributed by atoms with Crippen LogP contribution in [0.2, 0.25) is 0 Å². The number of hydrazone groups is 1. The van der Waals surface area contributed by atoms with Crippen LogP contribution in [0.4, 0.5) is 0 Å². The molecule has 0 aromatic heterocycles. The standard InChI is InChI=1S/C15H12Br2N2O2/c1-21-13-5-2-10(3-6-13)15(20)19-18-9-11-8-12(16)4-7-14(11)17/h2-9H,1H3,(H,19,20)/b18-9-. The molecule has 0 aliphatic heterocycles. The third-order valence-electron chi connectivity index (χ3n) is 2.68. The van der Waals surface area contributed by atoms with Gasteiger partial charge in [-0.15, -0.1) is 0 Å². The Labute approximate surface area is 139 Å². The van der Waals surface area contributed by atoms with Gasteiger partial charge < -0.3 is 4.74 Å². The third-order valence-corrected chi connectivity index (χ3v) is 3.90. The Hall–Kier alpha value is -1.66. The van der Waals surface area contributed by atoms with Gasteiger partial charge in [0.25, 0.3) is 5.91 Å². The van der Waals surface area contributed by atoms with Crippen molar-refractivity contribution in [2.75, 3.05) is 7.11 Å². The molecule has 1 N–H and O–H groups in total. The summed E-state index contributed by atoms with van der Waals surface area (Å²) in [5.41, 5.74) is 3.86. The Bertz CT molecular complexity index is 670. The van der Waals surface area contributed by atoms with E-state index >= 15 is 0 Å². The second kappa shape index (κ2) is 7.38. The number of hydrogen-bond acceptors (Lipinski definition) is 3. The van der Waals surface area contributed by atoms with Crippen molar-refractivity contribution in [3.8, 4) is 5.75 Å². The average molecular weight is 412 g/mol. The number of hydrogen-bond donors (Lipinski definition) is 1. The smallest absolute Gasteiger partial charge is 0.271 e. The average Bonchev–Trinajstić information content (AvgIpc) is 2.50. The summed E-state index contributed by atoms with van der Waals surface area (Å²) in [6.07, 6.45) is 1.58. The van der Waals surface area contributed by atoms with Crippen molar-refractivity contribution in [3.05, 3.63) is 62.5 Å². The molecule has 0 aliphatic rings. The molecule has 21 heavy (non-hydrogen) atoms. The number of ether oxygens (including phenoxy) is 1. The molecule has 108 valence electrons. The van der Waals surface area contributed by atoms with Gasteiger partial charge in [-0.1, -0.05) is 31.9 Å². The first kappa shape index (κ1) is 15.7. The largest absolute Gasteiger partial charge is 0.497 e. The Morgan fingerprint density at radius 3 is 2.57 bits per heavy atom. The molecular formula is C15H12Br2N2O2. The Morgan fingerprint density at radius 1 is 1.19 bits per heavy atom. The normalized spacial score (nSPS) is 10.6. The quantitative estimate of drug-likeness (QED) is 0.610. The summed E-state index contributed by atoms with van der Waals surface area (Å²) in [5.74, 6) is 0.424. The minimum absolute atomic E-state index is 0.278. The lowest BCUT2D eigenvalue weighted by molar-refractivity contribution is 0.0955. The van der Waals surface area contributed by atoms with Gasteiger partial charge in [0, 0.05) is 20.1 Å². The highest BCUT2D eigenvalue weighted by atomic mass is 79.9. The first-order chi connectivity index (χ1) is 10.1. The Kier molecular flexibility index (Phi) is 5.52. The van der Waals surface area contributed by atoms with Crippen LogP contribution in [0.3, 0.4) is 0 Å². The van der Waals surface area contributed by atoms with E-state index in [1.807, 2.05) is 18.2 Å². The molecule has 2 aromatic carbocycles. The van der Waals surface area contributed by atoms with Crippen LogP contribution in [0.5, 0.6) is 5.75 Å². The predicted molar refractivity (Wildman–Crippen MR) is 89.9 cm³/mol. The second-order valence-electron chi connectivity index (χ2n) is 4.09. The van der Waals surface area contributed by atoms with E-state index in [-0.39, 0.29) is 5.91 Å². The SMILES string of the molecule is COc1ccc(C(=O)N/N=C\c2cc(Br)ccc2Br)cc1. The number of amides is 1. The summed E-state index contributed by atoms with van der Waals surface area (Å²) in [7, 11) is 1.58. The van der Waals surface area contributed by atoms with Gasteiger partial charge in [0.15, 0.2) is 0 Å². The number of rotatable bonds is 4. The monoisotopic (exact) mass is 410 g/mol. The first-order valence-electron chi connectivity index (χ1n) is 6.02. The molecule has 0 fully saturated rings. The van der Waals surface area contributed by atoms with Crippen molar-refractivity contribution < 1.29 is 9.53 Å². The maximum atomic E-state index is 11.9. The number of halogens is 2. The number of nitrogens with one attached hydrogen (secondary N) is 1. The van der Waals surface area contributed by atoms with Crippen molar-refractivity contribution in [2.45, 2.75) is 0 Å². The highest BCUT2D eigenvalue weighted by Crippen LogP contribution is 2.19. The molecule has 0 unspecified atom stereocenters. The molecule has 0 radical (unpaired) electrons. The van der Waals surface area contributed by atoms with Crippen LogP contribution >= 0.6 is 31.9 Å². The molecule has 4 nitrogen and oxygen atoms in total. The molecule has 0 saturated carbocycles. The molecule has 2 rings (SSSR count). The maximum absolute atomic E-state index is 11.9. The topological polar surface area (TPSA) is 50.7 Å². The number of carbonyl (C=O) groups is 1. The van der Waals surface area contributed by atoms with E-state index in [9.17, 15) is 4.79 Å². The fourth-order valence-electron chi connectivity index (χ4n) is 1.58. The van der Waals surface area contributed by atoms with Gasteiger partial charge in [0.05, 0.1) is 13.3 Å². The predicted octanol–water partition coefficient (Wildman–Crippen LogP) is 3.98. The van der Waals surface area contributed by atoms with Crippen LogP contribution in [-0.4, -0.2) is 19.2 Å². The molecule has 0 saturated heterocycles. The minimum atomic E-state index is -0.278. The van der Waals surface area contributed by atoms with Crippen molar-refractivity contribution in [1.82, 2.24) is 5.43 Å². The van der Waals surface area contributed by atoms with Gasteiger partial charge >= 0.3 is 0 Å². The zero-order valence-electron chi connectivity index (χ0n) is 11.1. The van der Waals surface area contributed by atoms with E-state index in [1.165, 1.54) is 0 Å². The number of nitrogens with zero attached hydrogens (tertiary/aromatic N) is 1. The van der Waals surface area contributed by atoms with E-state index in [4.69, 9.17) is 4.74 Å². The molecule has 1 amide bonds. The summed E-state index contributed by atoms with van der Waals surface area (Å²) < 4.78 is 6.88. The van der Waals surface area contributed by atoms with Gasteiger partial charge in [0.2, 0.25) is 0 Å². The van der Waals surface area contributed by atoms with Crippen LogP contribution in [-0.2, 0) is 0 Å². The van der Waals surface area contributed by atoms with Crippen molar-refractivity contribution in [3.63, 3.8) is 0 Å². The highest BCUT2D eigenvalue weighted by Gasteiger charge is 2.04. The second-order valence-corrected chi connectivity index (χ2v) is 5.86. The van der Waals surface area contributed by atoms with Gasteiger partial charge in [-0.25, -0.2) is 5.43 Å². The fraction of sp³-hybridized carbons (Fsp3) is 0.0667. The fourth-order valence-corrected chi connectivity index (χ4v) is 2.31. The van der Waals surface area contributed by atoms with E-state index < -0.39 is 0 Å². The first-order valence-corrected chi connectivity index (χ1v) is 7.61. The third kappa shape index (κ3) is 4.41. The van der Waals surface area contributed by atoms with Crippen LogP contribution in [0.25, 0.3) is 0 Å². The van der Waals surface area contributed by atoms with Crippen molar-refractivity contribution >= 4 is 44.0 Å². The van der Waals surface area contributed by atoms with Crippen molar-refractivity contribution in [1.29, 1.82) is 0 Å².